The second-order valence-corrected chi connectivity index (χ2v) is 17.4. The monoisotopic (exact) mass is 832 g/mol. The summed E-state index contributed by atoms with van der Waals surface area (Å²) in [5.74, 6) is -0.896. The Bertz CT molecular complexity index is 2320. The highest BCUT2D eigenvalue weighted by Crippen LogP contribution is 2.33. The first-order valence-electron chi connectivity index (χ1n) is 20.1. The van der Waals surface area contributed by atoms with Gasteiger partial charge >= 0.3 is 0 Å². The van der Waals surface area contributed by atoms with Crippen molar-refractivity contribution in [2.24, 2.45) is 5.41 Å². The van der Waals surface area contributed by atoms with Crippen molar-refractivity contribution in [3.05, 3.63) is 89.7 Å². The third kappa shape index (κ3) is 9.40. The molecule has 2 aromatic carbocycles. The van der Waals surface area contributed by atoms with Gasteiger partial charge < -0.3 is 36.4 Å². The van der Waals surface area contributed by atoms with E-state index < -0.39 is 29.5 Å². The highest BCUT2D eigenvalue weighted by molar-refractivity contribution is 7.13. The minimum absolute atomic E-state index is 0.00338. The van der Waals surface area contributed by atoms with E-state index in [2.05, 4.69) is 40.6 Å². The fraction of sp³-hybridized carbons (Fsp3) is 0.386. The predicted molar refractivity (Wildman–Crippen MR) is 232 cm³/mol. The molecule has 3 aromatic heterocycles. The third-order valence-electron chi connectivity index (χ3n) is 11.2. The number of aliphatic hydroxyl groups is 1. The molecule has 6 N–H and O–H groups in total. The van der Waals surface area contributed by atoms with Gasteiger partial charge in [0.15, 0.2) is 5.82 Å². The number of nitrogens with two attached hydrogens (primary N) is 1. The van der Waals surface area contributed by atoms with Crippen LogP contribution in [0.4, 0.5) is 11.5 Å². The molecule has 3 amide bonds. The van der Waals surface area contributed by atoms with Crippen molar-refractivity contribution in [2.75, 3.05) is 49.9 Å². The van der Waals surface area contributed by atoms with E-state index in [1.807, 2.05) is 88.7 Å². The average Bonchev–Trinajstić information content (AvgIpc) is 3.85. The van der Waals surface area contributed by atoms with Crippen LogP contribution in [0.2, 0.25) is 0 Å². The van der Waals surface area contributed by atoms with Crippen molar-refractivity contribution >= 4 is 40.6 Å². The molecular weight excluding hydrogens is 781 g/mol. The number of amides is 3. The molecule has 5 heterocycles. The Morgan fingerprint density at radius 3 is 2.28 bits per heavy atom. The number of aromatic hydroxyl groups is 1. The normalized spacial score (nSPS) is 18.2. The zero-order valence-electron chi connectivity index (χ0n) is 34.5. The molecule has 2 aliphatic rings. The molecule has 5 aromatic rings. The number of nitrogen functional groups attached to an aromatic ring is 1. The van der Waals surface area contributed by atoms with Gasteiger partial charge in [0.1, 0.15) is 12.1 Å². The molecule has 0 spiro atoms. The van der Waals surface area contributed by atoms with Crippen LogP contribution in [-0.2, 0) is 14.4 Å². The van der Waals surface area contributed by atoms with Gasteiger partial charge in [-0.1, -0.05) is 57.2 Å². The number of carbonyl (C=O) groups is 3. The number of nitrogens with zero attached hydrogens (tertiary/aromatic N) is 7. The number of benzene rings is 2. The molecule has 2 aliphatic heterocycles. The molecule has 0 aliphatic carbocycles. The van der Waals surface area contributed by atoms with Crippen molar-refractivity contribution in [1.29, 1.82) is 0 Å². The lowest BCUT2D eigenvalue weighted by Gasteiger charge is -2.37. The summed E-state index contributed by atoms with van der Waals surface area (Å²) >= 11 is 1.58. The van der Waals surface area contributed by atoms with Gasteiger partial charge in [-0.3, -0.25) is 19.3 Å². The lowest BCUT2D eigenvalue weighted by molar-refractivity contribution is -0.144. The molecule has 0 saturated carbocycles. The number of carbonyl (C=O) groups excluding carboxylic acids is 3. The van der Waals surface area contributed by atoms with Gasteiger partial charge in [-0.15, -0.1) is 21.5 Å². The van der Waals surface area contributed by atoms with Crippen molar-refractivity contribution in [2.45, 2.75) is 65.3 Å². The van der Waals surface area contributed by atoms with E-state index in [1.54, 1.807) is 29.5 Å². The Balaban J connectivity index is 0.932. The number of nitrogens with one attached hydrogen (secondary N) is 2. The minimum Gasteiger partial charge on any atom is -0.493 e. The van der Waals surface area contributed by atoms with E-state index in [1.165, 1.54) is 11.1 Å². The van der Waals surface area contributed by atoms with Crippen molar-refractivity contribution in [1.82, 2.24) is 40.6 Å². The quantitative estimate of drug-likeness (QED) is 0.126. The molecular formula is C44H52N10O5S. The standard InChI is InChI=1S/C44H52N10O5S/c1-26(28-8-10-30(11-9-28)38-27(2)47-25-60-38)48-42(58)36-21-32(55)23-54(36)43(59)39(44(3,4)5)49-37(56)24-52-17-19-53(20-18-52)31-14-12-29(13-15-31)34-22-35(50-51-40(34)45)33-7-6-16-46-41(33)57/h6-16,22,25-26,32,36,39,55H,17-21,23-24H2,1-5H3,(H2,45,51)(H,46,57)(H,48,58)(H,49,56)/t26-,32+,36-,39?/m0/s1. The molecule has 1 unspecified atom stereocenters. The fourth-order valence-electron chi connectivity index (χ4n) is 7.80. The summed E-state index contributed by atoms with van der Waals surface area (Å²) in [5, 5.41) is 35.2. The number of pyridine rings is 1. The van der Waals surface area contributed by atoms with E-state index in [0.29, 0.717) is 43.0 Å². The van der Waals surface area contributed by atoms with Gasteiger partial charge in [0.2, 0.25) is 23.6 Å². The summed E-state index contributed by atoms with van der Waals surface area (Å²) in [6, 6.07) is 19.0. The third-order valence-corrected chi connectivity index (χ3v) is 12.2. The zero-order valence-corrected chi connectivity index (χ0v) is 35.3. The molecule has 0 bridgehead atoms. The van der Waals surface area contributed by atoms with Gasteiger partial charge in [0.25, 0.3) is 0 Å². The summed E-state index contributed by atoms with van der Waals surface area (Å²) < 4.78 is 0. The van der Waals surface area contributed by atoms with Crippen LogP contribution in [0.3, 0.4) is 0 Å². The summed E-state index contributed by atoms with van der Waals surface area (Å²) in [6.45, 7) is 12.3. The number of thiazole rings is 1. The molecule has 60 heavy (non-hydrogen) atoms. The van der Waals surface area contributed by atoms with E-state index in [-0.39, 0.29) is 49.1 Å². The summed E-state index contributed by atoms with van der Waals surface area (Å²) in [6.07, 6.45) is 0.746. The predicted octanol–water partition coefficient (Wildman–Crippen LogP) is 4.42. The highest BCUT2D eigenvalue weighted by Gasteiger charge is 2.45. The molecule has 2 saturated heterocycles. The van der Waals surface area contributed by atoms with E-state index in [9.17, 15) is 24.6 Å². The maximum Gasteiger partial charge on any atom is 0.246 e. The Morgan fingerprint density at radius 1 is 0.933 bits per heavy atom. The second kappa shape index (κ2) is 17.7. The number of anilines is 2. The van der Waals surface area contributed by atoms with Crippen molar-refractivity contribution < 1.29 is 24.6 Å². The Kier molecular flexibility index (Phi) is 12.4. The number of aromatic nitrogens is 4. The van der Waals surface area contributed by atoms with Crippen LogP contribution in [0.1, 0.15) is 51.4 Å². The largest absolute Gasteiger partial charge is 0.493 e. The summed E-state index contributed by atoms with van der Waals surface area (Å²) in [5.41, 5.74) is 13.8. The molecule has 4 atom stereocenters. The molecule has 15 nitrogen and oxygen atoms in total. The SMILES string of the molecule is Cc1ncsc1-c1ccc([C@H](C)NC(=O)[C@@H]2C[C@@H](O)CN2C(=O)C(NC(=O)CN2CCN(c3ccc(-c4cc(-c5cccnc5O)nnc4N)cc3)CC2)C(C)(C)C)cc1. The molecule has 7 rings (SSSR count). The van der Waals surface area contributed by atoms with Crippen LogP contribution < -0.4 is 21.3 Å². The van der Waals surface area contributed by atoms with E-state index in [4.69, 9.17) is 5.73 Å². The maximum absolute atomic E-state index is 14.2. The smallest absolute Gasteiger partial charge is 0.246 e. The van der Waals surface area contributed by atoms with E-state index in [0.717, 1.165) is 32.9 Å². The molecule has 2 fully saturated rings. The van der Waals surface area contributed by atoms with Crippen LogP contribution in [0.25, 0.3) is 32.8 Å². The lowest BCUT2D eigenvalue weighted by Crippen LogP contribution is -2.59. The van der Waals surface area contributed by atoms with Gasteiger partial charge in [-0.05, 0) is 66.3 Å². The highest BCUT2D eigenvalue weighted by atomic mass is 32.1. The van der Waals surface area contributed by atoms with Crippen LogP contribution in [0.15, 0.2) is 78.4 Å². The van der Waals surface area contributed by atoms with E-state index >= 15 is 0 Å². The summed E-state index contributed by atoms with van der Waals surface area (Å²) in [7, 11) is 0. The number of β-amino-alcohol motifs (C(OH)–C–C–N with tert-alkyl or cyclic N) is 1. The zero-order chi connectivity index (χ0) is 42.7. The topological polar surface area (TPSA) is 203 Å². The number of rotatable bonds is 11. The Hall–Kier alpha value is -5.97. The van der Waals surface area contributed by atoms with Crippen molar-refractivity contribution in [3.63, 3.8) is 0 Å². The van der Waals surface area contributed by atoms with Crippen LogP contribution in [0.5, 0.6) is 5.88 Å². The molecule has 314 valence electrons. The number of hydrogen-bond donors (Lipinski definition) is 5. The number of piperazine rings is 1. The first-order chi connectivity index (χ1) is 28.7. The maximum atomic E-state index is 14.2. The van der Waals surface area contributed by atoms with Gasteiger partial charge in [0, 0.05) is 56.6 Å². The number of hydrogen-bond acceptors (Lipinski definition) is 13. The number of aryl methyl sites for hydroxylation is 1. The van der Waals surface area contributed by atoms with Crippen LogP contribution in [-0.4, -0.2) is 115 Å². The van der Waals surface area contributed by atoms with Gasteiger partial charge in [0.05, 0.1) is 46.0 Å². The summed E-state index contributed by atoms with van der Waals surface area (Å²) in [4.78, 5) is 56.6. The first-order valence-corrected chi connectivity index (χ1v) is 21.0. The van der Waals surface area contributed by atoms with Crippen LogP contribution in [0, 0.1) is 12.3 Å². The molecule has 16 heteroatoms. The van der Waals surface area contributed by atoms with Gasteiger partial charge in [-0.25, -0.2) is 9.97 Å². The molecule has 0 radical (unpaired) electrons. The lowest BCUT2D eigenvalue weighted by atomic mass is 9.85. The minimum atomic E-state index is -0.915. The average molecular weight is 833 g/mol. The fourth-order valence-corrected chi connectivity index (χ4v) is 8.61. The first kappa shape index (κ1) is 42.2. The van der Waals surface area contributed by atoms with Gasteiger partial charge in [-0.2, -0.15) is 0 Å². The second-order valence-electron chi connectivity index (χ2n) is 16.6. The number of likely N-dealkylation sites (tertiary alicyclic amines) is 1. The Labute approximate surface area is 353 Å². The Morgan fingerprint density at radius 2 is 1.63 bits per heavy atom. The van der Waals surface area contributed by atoms with Crippen molar-refractivity contribution in [3.8, 4) is 38.7 Å². The van der Waals surface area contributed by atoms with Crippen LogP contribution >= 0.6 is 11.3 Å². The number of aliphatic hydroxyl groups excluding tert-OH is 1.